The number of benzene rings is 3. The van der Waals surface area contributed by atoms with Crippen LogP contribution >= 0.6 is 23.5 Å². The van der Waals surface area contributed by atoms with Crippen LogP contribution in [0.15, 0.2) is 78.9 Å². The molecule has 5 nitrogen and oxygen atoms in total. The highest BCUT2D eigenvalue weighted by Crippen LogP contribution is 2.44. The Bertz CT molecular complexity index is 1160. The Morgan fingerprint density at radius 2 is 1.53 bits per heavy atom. The Hall–Kier alpha value is -2.90. The molecule has 0 heterocycles. The highest BCUT2D eigenvalue weighted by molar-refractivity contribution is 7.98. The van der Waals surface area contributed by atoms with Crippen molar-refractivity contribution in [2.75, 3.05) is 30.9 Å². The minimum absolute atomic E-state index is 0.0583. The van der Waals surface area contributed by atoms with Crippen molar-refractivity contribution in [1.82, 2.24) is 4.90 Å². The summed E-state index contributed by atoms with van der Waals surface area (Å²) in [5.41, 5.74) is 5.90. The van der Waals surface area contributed by atoms with E-state index in [1.54, 1.807) is 11.8 Å². The standard InChI is InChI=1S/C31H35NO4S2/c1-37-20-17-29(30(33)34)32(18-9-10-19-38-22-23-11-3-2-4-12-23)31(35)36-21-28-26-15-7-5-13-24(26)25-14-6-8-16-27(25)28/h2-8,11-16,28-29H,9-10,17-22H2,1H3,(H,33,34)/t29-/m0/s1. The quantitative estimate of drug-likeness (QED) is 0.215. The molecule has 4 rings (SSSR count). The highest BCUT2D eigenvalue weighted by atomic mass is 32.2. The number of thioether (sulfide) groups is 2. The largest absolute Gasteiger partial charge is 0.480 e. The molecule has 200 valence electrons. The van der Waals surface area contributed by atoms with Crippen LogP contribution in [-0.4, -0.2) is 59.0 Å². The van der Waals surface area contributed by atoms with E-state index < -0.39 is 18.1 Å². The molecule has 0 fully saturated rings. The van der Waals surface area contributed by atoms with Crippen molar-refractivity contribution in [3.8, 4) is 11.1 Å². The van der Waals surface area contributed by atoms with E-state index >= 15 is 0 Å². The topological polar surface area (TPSA) is 66.8 Å². The van der Waals surface area contributed by atoms with E-state index in [9.17, 15) is 14.7 Å². The highest BCUT2D eigenvalue weighted by Gasteiger charge is 2.33. The SMILES string of the molecule is CSCC[C@@H](C(=O)O)N(CCCCSCc1ccccc1)C(=O)OCC1c2ccccc2-c2ccccc21. The average Bonchev–Trinajstić information content (AvgIpc) is 3.26. The molecular weight excluding hydrogens is 514 g/mol. The van der Waals surface area contributed by atoms with E-state index in [1.165, 1.54) is 10.5 Å². The number of amides is 1. The lowest BCUT2D eigenvalue weighted by Gasteiger charge is -2.29. The first-order chi connectivity index (χ1) is 18.6. The van der Waals surface area contributed by atoms with Gasteiger partial charge in [0.1, 0.15) is 12.6 Å². The van der Waals surface area contributed by atoms with Crippen molar-refractivity contribution in [2.24, 2.45) is 0 Å². The zero-order valence-corrected chi connectivity index (χ0v) is 23.4. The van der Waals surface area contributed by atoms with Crippen molar-refractivity contribution >= 4 is 35.6 Å². The summed E-state index contributed by atoms with van der Waals surface area (Å²) < 4.78 is 5.86. The molecule has 1 aliphatic carbocycles. The Morgan fingerprint density at radius 3 is 2.16 bits per heavy atom. The normalized spacial score (nSPS) is 13.0. The van der Waals surface area contributed by atoms with Gasteiger partial charge in [0.15, 0.2) is 0 Å². The first-order valence-electron chi connectivity index (χ1n) is 13.0. The number of carbonyl (C=O) groups is 2. The van der Waals surface area contributed by atoms with E-state index in [4.69, 9.17) is 4.74 Å². The predicted molar refractivity (Wildman–Crippen MR) is 158 cm³/mol. The van der Waals surface area contributed by atoms with Gasteiger partial charge in [-0.1, -0.05) is 78.9 Å². The van der Waals surface area contributed by atoms with Crippen LogP contribution in [0.2, 0.25) is 0 Å². The molecule has 0 spiro atoms. The third-order valence-electron chi connectivity index (χ3n) is 6.88. The zero-order chi connectivity index (χ0) is 26.7. The van der Waals surface area contributed by atoms with Gasteiger partial charge in [-0.05, 0) is 64.8 Å². The number of carboxylic acid groups (broad SMARTS) is 1. The van der Waals surface area contributed by atoms with E-state index in [0.717, 1.165) is 46.6 Å². The molecule has 38 heavy (non-hydrogen) atoms. The van der Waals surface area contributed by atoms with Crippen molar-refractivity contribution < 1.29 is 19.4 Å². The third kappa shape index (κ3) is 7.14. The molecule has 7 heteroatoms. The fraction of sp³-hybridized carbons (Fsp3) is 0.355. The Morgan fingerprint density at radius 1 is 0.895 bits per heavy atom. The summed E-state index contributed by atoms with van der Waals surface area (Å²) in [5, 5.41) is 9.96. The number of nitrogens with zero attached hydrogens (tertiary/aromatic N) is 1. The monoisotopic (exact) mass is 549 g/mol. The van der Waals surface area contributed by atoms with E-state index in [2.05, 4.69) is 36.4 Å². The number of ether oxygens (including phenoxy) is 1. The average molecular weight is 550 g/mol. The molecule has 0 aromatic heterocycles. The molecule has 3 aromatic carbocycles. The number of carbonyl (C=O) groups excluding carboxylic acids is 1. The van der Waals surface area contributed by atoms with E-state index in [0.29, 0.717) is 18.7 Å². The Kier molecular flexibility index (Phi) is 10.6. The van der Waals surface area contributed by atoms with Gasteiger partial charge < -0.3 is 9.84 Å². The molecule has 0 radical (unpaired) electrons. The lowest BCUT2D eigenvalue weighted by Crippen LogP contribution is -2.46. The Labute approximate surface area is 234 Å². The van der Waals surface area contributed by atoms with E-state index in [1.807, 2.05) is 60.5 Å². The van der Waals surface area contributed by atoms with Gasteiger partial charge in [-0.25, -0.2) is 9.59 Å². The lowest BCUT2D eigenvalue weighted by molar-refractivity contribution is -0.142. The number of unbranched alkanes of at least 4 members (excludes halogenated alkanes) is 1. The van der Waals surface area contributed by atoms with Crippen LogP contribution in [0.1, 0.15) is 41.9 Å². The fourth-order valence-electron chi connectivity index (χ4n) is 4.94. The van der Waals surface area contributed by atoms with Crippen LogP contribution in [0, 0.1) is 0 Å². The van der Waals surface area contributed by atoms with Crippen LogP contribution in [0.3, 0.4) is 0 Å². The van der Waals surface area contributed by atoms with Gasteiger partial charge in [0.25, 0.3) is 0 Å². The molecule has 0 saturated heterocycles. The van der Waals surface area contributed by atoms with Crippen LogP contribution < -0.4 is 0 Å². The maximum absolute atomic E-state index is 13.4. The molecule has 1 N–H and O–H groups in total. The number of rotatable bonds is 14. The lowest BCUT2D eigenvalue weighted by atomic mass is 9.98. The minimum Gasteiger partial charge on any atom is -0.480 e. The summed E-state index contributed by atoms with van der Waals surface area (Å²) >= 11 is 3.44. The molecule has 0 bridgehead atoms. The van der Waals surface area contributed by atoms with Gasteiger partial charge in [-0.2, -0.15) is 23.5 Å². The number of aliphatic carboxylic acids is 1. The predicted octanol–water partition coefficient (Wildman–Crippen LogP) is 7.16. The summed E-state index contributed by atoms with van der Waals surface area (Å²) in [6.45, 7) is 0.555. The molecule has 0 unspecified atom stereocenters. The Balaban J connectivity index is 1.38. The summed E-state index contributed by atoms with van der Waals surface area (Å²) in [5.74, 6) is 1.53. The van der Waals surface area contributed by atoms with Crippen LogP contribution in [0.5, 0.6) is 0 Å². The summed E-state index contributed by atoms with van der Waals surface area (Å²) in [6, 6.07) is 25.9. The first kappa shape index (κ1) is 28.1. The molecule has 3 aromatic rings. The van der Waals surface area contributed by atoms with Crippen LogP contribution in [0.4, 0.5) is 4.79 Å². The van der Waals surface area contributed by atoms with Crippen molar-refractivity contribution in [3.05, 3.63) is 95.6 Å². The van der Waals surface area contributed by atoms with Gasteiger partial charge in [-0.15, -0.1) is 0 Å². The van der Waals surface area contributed by atoms with Gasteiger partial charge in [0, 0.05) is 18.2 Å². The van der Waals surface area contributed by atoms with Crippen LogP contribution in [-0.2, 0) is 15.3 Å². The number of fused-ring (bicyclic) bond motifs is 3. The fourth-order valence-corrected chi connectivity index (χ4v) is 6.38. The molecule has 1 aliphatic rings. The molecule has 0 saturated carbocycles. The zero-order valence-electron chi connectivity index (χ0n) is 21.8. The molecular formula is C31H35NO4S2. The number of hydrogen-bond acceptors (Lipinski definition) is 5. The smallest absolute Gasteiger partial charge is 0.410 e. The second-order valence-electron chi connectivity index (χ2n) is 9.38. The van der Waals surface area contributed by atoms with E-state index in [-0.39, 0.29) is 12.5 Å². The molecule has 1 amide bonds. The number of carboxylic acids is 1. The van der Waals surface area contributed by atoms with Crippen molar-refractivity contribution in [1.29, 1.82) is 0 Å². The van der Waals surface area contributed by atoms with Gasteiger partial charge in [-0.3, -0.25) is 4.90 Å². The van der Waals surface area contributed by atoms with Gasteiger partial charge in [0.2, 0.25) is 0 Å². The van der Waals surface area contributed by atoms with Crippen molar-refractivity contribution in [3.63, 3.8) is 0 Å². The third-order valence-corrected chi connectivity index (χ3v) is 8.64. The van der Waals surface area contributed by atoms with Gasteiger partial charge >= 0.3 is 12.1 Å². The van der Waals surface area contributed by atoms with Crippen molar-refractivity contribution in [2.45, 2.75) is 37.0 Å². The second kappa shape index (κ2) is 14.3. The number of hydrogen-bond donors (Lipinski definition) is 1. The molecule has 0 aliphatic heterocycles. The maximum Gasteiger partial charge on any atom is 0.410 e. The summed E-state index contributed by atoms with van der Waals surface area (Å²) in [4.78, 5) is 27.0. The second-order valence-corrected chi connectivity index (χ2v) is 11.5. The minimum atomic E-state index is -0.981. The summed E-state index contributed by atoms with van der Waals surface area (Å²) in [6.07, 6.45) is 3.43. The maximum atomic E-state index is 13.4. The van der Waals surface area contributed by atoms with Gasteiger partial charge in [0.05, 0.1) is 0 Å². The molecule has 1 atom stereocenters. The summed E-state index contributed by atoms with van der Waals surface area (Å²) in [7, 11) is 0. The van der Waals surface area contributed by atoms with Crippen LogP contribution in [0.25, 0.3) is 11.1 Å². The first-order valence-corrected chi connectivity index (χ1v) is 15.6.